The van der Waals surface area contributed by atoms with E-state index < -0.39 is 0 Å². The fourth-order valence-electron chi connectivity index (χ4n) is 3.44. The van der Waals surface area contributed by atoms with Gasteiger partial charge in [-0.15, -0.1) is 0 Å². The molecule has 1 amide bonds. The van der Waals surface area contributed by atoms with Gasteiger partial charge in [-0.25, -0.2) is 0 Å². The van der Waals surface area contributed by atoms with Crippen LogP contribution < -0.4 is 10.6 Å². The smallest absolute Gasteiger partial charge is 0.237 e. The van der Waals surface area contributed by atoms with Crippen molar-refractivity contribution in [1.29, 1.82) is 0 Å². The second-order valence-corrected chi connectivity index (χ2v) is 6.49. The summed E-state index contributed by atoms with van der Waals surface area (Å²) >= 11 is 0. The number of carbonyl (C=O) groups is 1. The first kappa shape index (κ1) is 13.4. The summed E-state index contributed by atoms with van der Waals surface area (Å²) in [4.78, 5) is 14.6. The van der Waals surface area contributed by atoms with E-state index in [4.69, 9.17) is 0 Å². The lowest BCUT2D eigenvalue weighted by molar-refractivity contribution is -0.126. The summed E-state index contributed by atoms with van der Waals surface area (Å²) in [5, 5.41) is 6.72. The highest BCUT2D eigenvalue weighted by molar-refractivity contribution is 5.81. The van der Waals surface area contributed by atoms with E-state index in [1.165, 1.54) is 32.1 Å². The van der Waals surface area contributed by atoms with Gasteiger partial charge in [-0.3, -0.25) is 9.69 Å². The minimum absolute atomic E-state index is 0.145. The minimum atomic E-state index is 0.145. The molecule has 3 aliphatic rings. The van der Waals surface area contributed by atoms with Crippen molar-refractivity contribution in [1.82, 2.24) is 15.5 Å². The lowest BCUT2D eigenvalue weighted by Gasteiger charge is -2.37. The second-order valence-electron chi connectivity index (χ2n) is 6.49. The molecule has 2 saturated heterocycles. The third-order valence-corrected chi connectivity index (χ3v) is 4.77. The molecule has 108 valence electrons. The predicted molar refractivity (Wildman–Crippen MR) is 76.0 cm³/mol. The summed E-state index contributed by atoms with van der Waals surface area (Å²) in [5.74, 6) is 1.01. The number of hydrogen-bond acceptors (Lipinski definition) is 3. The van der Waals surface area contributed by atoms with Crippen LogP contribution in [0, 0.1) is 5.92 Å². The Bertz CT molecular complexity index is 317. The summed E-state index contributed by atoms with van der Waals surface area (Å²) < 4.78 is 0. The van der Waals surface area contributed by atoms with E-state index >= 15 is 0 Å². The standard InChI is InChI=1S/C15H27N3O/c19-15-14(5-1-2-8-16-15)18-9-3-4-12(11-18)10-17-13-6-7-13/h12-14,17H,1-11H2,(H,16,19). The first-order valence-electron chi connectivity index (χ1n) is 8.08. The maximum absolute atomic E-state index is 12.1. The zero-order chi connectivity index (χ0) is 13.1. The monoisotopic (exact) mass is 265 g/mol. The van der Waals surface area contributed by atoms with E-state index in [0.29, 0.717) is 0 Å². The maximum atomic E-state index is 12.1. The van der Waals surface area contributed by atoms with E-state index in [-0.39, 0.29) is 11.9 Å². The van der Waals surface area contributed by atoms with Crippen molar-refractivity contribution in [2.45, 2.75) is 57.0 Å². The van der Waals surface area contributed by atoms with E-state index in [0.717, 1.165) is 51.0 Å². The van der Waals surface area contributed by atoms with Gasteiger partial charge < -0.3 is 10.6 Å². The Hall–Kier alpha value is -0.610. The number of amides is 1. The molecule has 2 aliphatic heterocycles. The van der Waals surface area contributed by atoms with E-state index in [1.54, 1.807) is 0 Å². The summed E-state index contributed by atoms with van der Waals surface area (Å²) in [5.41, 5.74) is 0. The van der Waals surface area contributed by atoms with E-state index in [1.807, 2.05) is 0 Å². The number of piperidine rings is 1. The topological polar surface area (TPSA) is 44.4 Å². The molecule has 0 bridgehead atoms. The molecule has 1 saturated carbocycles. The van der Waals surface area contributed by atoms with Crippen molar-refractivity contribution in [2.75, 3.05) is 26.2 Å². The molecule has 0 aromatic carbocycles. The van der Waals surface area contributed by atoms with Gasteiger partial charge in [-0.2, -0.15) is 0 Å². The van der Waals surface area contributed by atoms with Crippen molar-refractivity contribution in [3.05, 3.63) is 0 Å². The molecule has 3 fully saturated rings. The predicted octanol–water partition coefficient (Wildman–Crippen LogP) is 1.12. The molecule has 2 atom stereocenters. The quantitative estimate of drug-likeness (QED) is 0.800. The van der Waals surface area contributed by atoms with Crippen LogP contribution in [0.2, 0.25) is 0 Å². The number of nitrogens with one attached hydrogen (secondary N) is 2. The molecular weight excluding hydrogens is 238 g/mol. The number of rotatable bonds is 4. The molecule has 2 N–H and O–H groups in total. The highest BCUT2D eigenvalue weighted by Crippen LogP contribution is 2.23. The maximum Gasteiger partial charge on any atom is 0.237 e. The fraction of sp³-hybridized carbons (Fsp3) is 0.933. The molecule has 19 heavy (non-hydrogen) atoms. The average molecular weight is 265 g/mol. The Morgan fingerprint density at radius 1 is 1.16 bits per heavy atom. The van der Waals surface area contributed by atoms with Crippen molar-refractivity contribution >= 4 is 5.91 Å². The Labute approximate surface area is 116 Å². The normalized spacial score (nSPS) is 33.8. The largest absolute Gasteiger partial charge is 0.355 e. The van der Waals surface area contributed by atoms with Crippen LogP contribution in [0.1, 0.15) is 44.9 Å². The Morgan fingerprint density at radius 3 is 2.89 bits per heavy atom. The molecule has 0 spiro atoms. The van der Waals surface area contributed by atoms with Crippen LogP contribution in [0.5, 0.6) is 0 Å². The number of nitrogens with zero attached hydrogens (tertiary/aromatic N) is 1. The highest BCUT2D eigenvalue weighted by atomic mass is 16.2. The zero-order valence-electron chi connectivity index (χ0n) is 11.9. The summed E-state index contributed by atoms with van der Waals surface area (Å²) in [6.07, 6.45) is 8.68. The summed E-state index contributed by atoms with van der Waals surface area (Å²) in [6.45, 7) is 4.24. The number of hydrogen-bond donors (Lipinski definition) is 2. The van der Waals surface area contributed by atoms with Crippen LogP contribution in [0.15, 0.2) is 0 Å². The van der Waals surface area contributed by atoms with Crippen LogP contribution in [-0.4, -0.2) is 49.1 Å². The van der Waals surface area contributed by atoms with E-state index in [9.17, 15) is 4.79 Å². The van der Waals surface area contributed by atoms with Gasteiger partial charge >= 0.3 is 0 Å². The number of likely N-dealkylation sites (tertiary alicyclic amines) is 1. The lowest BCUT2D eigenvalue weighted by Crippen LogP contribution is -2.51. The van der Waals surface area contributed by atoms with Gasteiger partial charge in [0, 0.05) is 19.1 Å². The van der Waals surface area contributed by atoms with Crippen LogP contribution >= 0.6 is 0 Å². The molecule has 4 heteroatoms. The first-order valence-corrected chi connectivity index (χ1v) is 8.08. The molecule has 2 heterocycles. The van der Waals surface area contributed by atoms with Crippen LogP contribution in [0.4, 0.5) is 0 Å². The van der Waals surface area contributed by atoms with Gasteiger partial charge in [0.2, 0.25) is 5.91 Å². The highest BCUT2D eigenvalue weighted by Gasteiger charge is 2.31. The van der Waals surface area contributed by atoms with Crippen LogP contribution in [0.25, 0.3) is 0 Å². The SMILES string of the molecule is O=C1NCCCCC1N1CCCC(CNC2CC2)C1. The lowest BCUT2D eigenvalue weighted by atomic mass is 9.95. The van der Waals surface area contributed by atoms with Gasteiger partial charge in [-0.05, 0) is 64.0 Å². The summed E-state index contributed by atoms with van der Waals surface area (Å²) in [7, 11) is 0. The van der Waals surface area contributed by atoms with Gasteiger partial charge in [0.15, 0.2) is 0 Å². The average Bonchev–Trinajstić information content (AvgIpc) is 3.24. The van der Waals surface area contributed by atoms with Gasteiger partial charge in [0.1, 0.15) is 0 Å². The molecule has 3 rings (SSSR count). The van der Waals surface area contributed by atoms with Gasteiger partial charge in [-0.1, -0.05) is 0 Å². The van der Waals surface area contributed by atoms with E-state index in [2.05, 4.69) is 15.5 Å². The Kier molecular flexibility index (Phi) is 4.38. The van der Waals surface area contributed by atoms with Gasteiger partial charge in [0.25, 0.3) is 0 Å². The van der Waals surface area contributed by atoms with Gasteiger partial charge in [0.05, 0.1) is 6.04 Å². The molecular formula is C15H27N3O. The third kappa shape index (κ3) is 3.69. The summed E-state index contributed by atoms with van der Waals surface area (Å²) in [6, 6.07) is 0.947. The van der Waals surface area contributed by atoms with Crippen LogP contribution in [-0.2, 0) is 4.79 Å². The molecule has 2 unspecified atom stereocenters. The fourth-order valence-corrected chi connectivity index (χ4v) is 3.44. The molecule has 0 aromatic heterocycles. The zero-order valence-corrected chi connectivity index (χ0v) is 11.9. The molecule has 4 nitrogen and oxygen atoms in total. The van der Waals surface area contributed by atoms with Crippen molar-refractivity contribution < 1.29 is 4.79 Å². The second kappa shape index (κ2) is 6.23. The minimum Gasteiger partial charge on any atom is -0.355 e. The van der Waals surface area contributed by atoms with Crippen LogP contribution in [0.3, 0.4) is 0 Å². The number of carbonyl (C=O) groups excluding carboxylic acids is 1. The Morgan fingerprint density at radius 2 is 2.05 bits per heavy atom. The third-order valence-electron chi connectivity index (χ3n) is 4.77. The van der Waals surface area contributed by atoms with Crippen molar-refractivity contribution in [2.24, 2.45) is 5.92 Å². The first-order chi connectivity index (χ1) is 9.33. The van der Waals surface area contributed by atoms with Crippen molar-refractivity contribution in [3.63, 3.8) is 0 Å². The molecule has 1 aliphatic carbocycles. The molecule has 0 radical (unpaired) electrons. The molecule has 0 aromatic rings. The van der Waals surface area contributed by atoms with Crippen molar-refractivity contribution in [3.8, 4) is 0 Å². The Balaban J connectivity index is 1.52.